The molecule has 24 heavy (non-hydrogen) atoms. The number of ether oxygens (including phenoxy) is 1. The van der Waals surface area contributed by atoms with E-state index in [2.05, 4.69) is 51.8 Å². The van der Waals surface area contributed by atoms with E-state index in [1.165, 1.54) is 22.0 Å². The normalized spacial score (nSPS) is 22.8. The molecule has 1 fully saturated rings. The monoisotopic (exact) mass is 342 g/mol. The molecule has 2 aromatic rings. The zero-order valence-electron chi connectivity index (χ0n) is 13.8. The molecule has 0 spiro atoms. The van der Waals surface area contributed by atoms with E-state index in [0.717, 1.165) is 49.0 Å². The van der Waals surface area contributed by atoms with Crippen molar-refractivity contribution in [2.45, 2.75) is 32.3 Å². The van der Waals surface area contributed by atoms with Gasteiger partial charge in [0, 0.05) is 35.0 Å². The summed E-state index contributed by atoms with van der Waals surface area (Å²) < 4.78 is 5.61. The summed E-state index contributed by atoms with van der Waals surface area (Å²) in [5, 5.41) is 6.70. The summed E-state index contributed by atoms with van der Waals surface area (Å²) in [6.45, 7) is 3.79. The maximum absolute atomic E-state index is 5.61. The molecule has 126 valence electrons. The lowest BCUT2D eigenvalue weighted by Crippen LogP contribution is -2.26. The third kappa shape index (κ3) is 3.08. The van der Waals surface area contributed by atoms with Gasteiger partial charge in [0.25, 0.3) is 0 Å². The molecule has 1 aromatic carbocycles. The van der Waals surface area contributed by atoms with Gasteiger partial charge in [0.1, 0.15) is 0 Å². The summed E-state index contributed by atoms with van der Waals surface area (Å²) in [6, 6.07) is 6.46. The van der Waals surface area contributed by atoms with E-state index in [0.29, 0.717) is 0 Å². The van der Waals surface area contributed by atoms with Crippen molar-refractivity contribution < 1.29 is 4.74 Å². The molecule has 0 radical (unpaired) electrons. The zero-order valence-corrected chi connectivity index (χ0v) is 14.7. The van der Waals surface area contributed by atoms with Gasteiger partial charge in [-0.3, -0.25) is 10.4 Å². The smallest absolute Gasteiger partial charge is 0.177 e. The van der Waals surface area contributed by atoms with Crippen LogP contribution in [0.1, 0.15) is 30.9 Å². The Hall–Kier alpha value is -1.79. The minimum atomic E-state index is 0.284. The molecule has 3 heterocycles. The first-order valence-corrected chi connectivity index (χ1v) is 9.54. The van der Waals surface area contributed by atoms with Crippen molar-refractivity contribution >= 4 is 33.5 Å². The van der Waals surface area contributed by atoms with Crippen molar-refractivity contribution in [3.63, 3.8) is 0 Å². The molecular weight excluding hydrogens is 320 g/mol. The Labute approximate surface area is 146 Å². The van der Waals surface area contributed by atoms with Crippen molar-refractivity contribution in [2.24, 2.45) is 10.1 Å². The van der Waals surface area contributed by atoms with E-state index in [1.807, 2.05) is 0 Å². The second kappa shape index (κ2) is 6.99. The van der Waals surface area contributed by atoms with Crippen LogP contribution in [0.4, 0.5) is 0 Å². The van der Waals surface area contributed by atoms with E-state index in [-0.39, 0.29) is 6.10 Å². The number of fused-ring (bicyclic) bond motifs is 1. The number of thioether (sulfide) groups is 1. The highest BCUT2D eigenvalue weighted by molar-refractivity contribution is 8.14. The second-order valence-electron chi connectivity index (χ2n) is 6.14. The van der Waals surface area contributed by atoms with Crippen molar-refractivity contribution in [2.75, 3.05) is 18.9 Å². The minimum absolute atomic E-state index is 0.284. The lowest BCUT2D eigenvalue weighted by Gasteiger charge is -2.15. The third-order valence-corrected chi connectivity index (χ3v) is 5.50. The van der Waals surface area contributed by atoms with Gasteiger partial charge < -0.3 is 9.72 Å². The first-order chi connectivity index (χ1) is 11.8. The van der Waals surface area contributed by atoms with Gasteiger partial charge in [-0.1, -0.05) is 36.9 Å². The number of hydrazone groups is 1. The number of amidine groups is 1. The van der Waals surface area contributed by atoms with Gasteiger partial charge in [0.2, 0.25) is 0 Å². The molecule has 4 rings (SSSR count). The first kappa shape index (κ1) is 15.7. The highest BCUT2D eigenvalue weighted by Crippen LogP contribution is 2.25. The number of aromatic nitrogens is 1. The molecule has 1 atom stereocenters. The number of para-hydroxylation sites is 1. The zero-order chi connectivity index (χ0) is 16.4. The van der Waals surface area contributed by atoms with Crippen LogP contribution in [0.15, 0.2) is 34.5 Å². The summed E-state index contributed by atoms with van der Waals surface area (Å²) in [5.41, 5.74) is 7.92. The largest absolute Gasteiger partial charge is 0.376 e. The number of hydrogen-bond donors (Lipinski definition) is 2. The van der Waals surface area contributed by atoms with Gasteiger partial charge in [-0.05, 0) is 24.8 Å². The number of nitrogens with one attached hydrogen (secondary N) is 2. The quantitative estimate of drug-likeness (QED) is 0.896. The fourth-order valence-corrected chi connectivity index (χ4v) is 4.03. The van der Waals surface area contributed by atoms with E-state index in [4.69, 9.17) is 4.74 Å². The van der Waals surface area contributed by atoms with Crippen LogP contribution in [0.3, 0.4) is 0 Å². The molecule has 2 aliphatic rings. The molecule has 2 aliphatic heterocycles. The van der Waals surface area contributed by atoms with Crippen LogP contribution in [-0.2, 0) is 11.2 Å². The topological polar surface area (TPSA) is 61.8 Å². The Morgan fingerprint density at radius 2 is 2.38 bits per heavy atom. The standard InChI is InChI=1S/C18H22N4OS/c1-2-12-5-3-7-14-15(10-19-17(12)14)16-11-24-18(22-21-16)20-9-13-6-4-8-23-13/h3,5,7,10,13,19H,2,4,6,8-9,11H2,1H3,(H,20,22)/t13-/m1/s1. The predicted octanol–water partition coefficient (Wildman–Crippen LogP) is 3.31. The highest BCUT2D eigenvalue weighted by atomic mass is 32.2. The highest BCUT2D eigenvalue weighted by Gasteiger charge is 2.19. The fraction of sp³-hybridized carbons (Fsp3) is 0.444. The lowest BCUT2D eigenvalue weighted by molar-refractivity contribution is 0.118. The van der Waals surface area contributed by atoms with E-state index in [1.54, 1.807) is 11.8 Å². The van der Waals surface area contributed by atoms with Crippen LogP contribution in [0.25, 0.3) is 10.9 Å². The number of aliphatic imine (C=N–C) groups is 1. The van der Waals surface area contributed by atoms with Crippen molar-refractivity contribution in [3.05, 3.63) is 35.5 Å². The van der Waals surface area contributed by atoms with Gasteiger partial charge in [-0.15, -0.1) is 0 Å². The van der Waals surface area contributed by atoms with Gasteiger partial charge in [0.05, 0.1) is 18.4 Å². The third-order valence-electron chi connectivity index (χ3n) is 4.59. The summed E-state index contributed by atoms with van der Waals surface area (Å²) >= 11 is 1.71. The maximum atomic E-state index is 5.61. The van der Waals surface area contributed by atoms with Gasteiger partial charge in [-0.25, -0.2) is 0 Å². The molecule has 6 heteroatoms. The Morgan fingerprint density at radius 1 is 1.42 bits per heavy atom. The molecule has 0 bridgehead atoms. The van der Waals surface area contributed by atoms with Crippen LogP contribution in [0.5, 0.6) is 0 Å². The molecule has 1 aromatic heterocycles. The molecule has 0 aliphatic carbocycles. The van der Waals surface area contributed by atoms with E-state index >= 15 is 0 Å². The fourth-order valence-electron chi connectivity index (χ4n) is 3.26. The average molecular weight is 342 g/mol. The molecule has 5 nitrogen and oxygen atoms in total. The summed E-state index contributed by atoms with van der Waals surface area (Å²) in [5.74, 6) is 0.834. The minimum Gasteiger partial charge on any atom is -0.376 e. The average Bonchev–Trinajstić information content (AvgIpc) is 3.29. The number of aromatic amines is 1. The van der Waals surface area contributed by atoms with Crippen molar-refractivity contribution in [1.29, 1.82) is 0 Å². The number of nitrogens with zero attached hydrogens (tertiary/aromatic N) is 2. The second-order valence-corrected chi connectivity index (χ2v) is 7.10. The summed E-state index contributed by atoms with van der Waals surface area (Å²) in [7, 11) is 0. The van der Waals surface area contributed by atoms with Gasteiger partial charge in [0.15, 0.2) is 5.17 Å². The predicted molar refractivity (Wildman–Crippen MR) is 101 cm³/mol. The molecule has 1 saturated heterocycles. The first-order valence-electron chi connectivity index (χ1n) is 8.56. The van der Waals surface area contributed by atoms with Crippen molar-refractivity contribution in [3.8, 4) is 0 Å². The molecule has 2 N–H and O–H groups in total. The SMILES string of the molecule is CCc1cccc2c(C3=NNC(=NC[C@H]4CCCO4)SC3)c[nH]c12. The van der Waals surface area contributed by atoms with Gasteiger partial charge >= 0.3 is 0 Å². The van der Waals surface area contributed by atoms with Crippen LogP contribution in [-0.4, -0.2) is 40.9 Å². The van der Waals surface area contributed by atoms with Crippen LogP contribution in [0.2, 0.25) is 0 Å². The molecule has 0 unspecified atom stereocenters. The Kier molecular flexibility index (Phi) is 4.58. The Balaban J connectivity index is 1.51. The summed E-state index contributed by atoms with van der Waals surface area (Å²) in [4.78, 5) is 8.01. The maximum Gasteiger partial charge on any atom is 0.177 e. The number of rotatable bonds is 4. The molecule has 0 saturated carbocycles. The lowest BCUT2D eigenvalue weighted by atomic mass is 10.1. The van der Waals surface area contributed by atoms with E-state index < -0.39 is 0 Å². The number of benzene rings is 1. The van der Waals surface area contributed by atoms with Crippen LogP contribution in [0, 0.1) is 0 Å². The Bertz CT molecular complexity index is 789. The van der Waals surface area contributed by atoms with Crippen molar-refractivity contribution in [1.82, 2.24) is 10.4 Å². The number of aryl methyl sites for hydroxylation is 1. The number of hydrogen-bond acceptors (Lipinski definition) is 4. The number of H-pyrrole nitrogens is 1. The van der Waals surface area contributed by atoms with Gasteiger partial charge in [-0.2, -0.15) is 5.10 Å². The summed E-state index contributed by atoms with van der Waals surface area (Å²) in [6.07, 6.45) is 5.64. The van der Waals surface area contributed by atoms with E-state index in [9.17, 15) is 0 Å². The Morgan fingerprint density at radius 3 is 3.12 bits per heavy atom. The molecular formula is C18H22N4OS. The molecule has 0 amide bonds. The van der Waals surface area contributed by atoms with Crippen LogP contribution < -0.4 is 5.43 Å². The van der Waals surface area contributed by atoms with Crippen LogP contribution >= 0.6 is 11.8 Å².